The van der Waals surface area contributed by atoms with E-state index in [-0.39, 0.29) is 0 Å². The topological polar surface area (TPSA) is 60.2 Å². The minimum Gasteiger partial charge on any atom is -0.466 e. The van der Waals surface area contributed by atoms with Crippen LogP contribution in [0.4, 0.5) is 0 Å². The second-order valence-electron chi connectivity index (χ2n) is 4.67. The Labute approximate surface area is 113 Å². The van der Waals surface area contributed by atoms with Crippen LogP contribution in [-0.2, 0) is 13.2 Å². The molecule has 0 saturated carbocycles. The third kappa shape index (κ3) is 4.06. The SMILES string of the molecule is Cc1nc(OCc2ccco2)ncc1CNC(C)C. The first-order valence-electron chi connectivity index (χ1n) is 6.36. The molecule has 5 heteroatoms. The molecule has 0 aromatic carbocycles. The Morgan fingerprint density at radius 3 is 2.89 bits per heavy atom. The lowest BCUT2D eigenvalue weighted by Crippen LogP contribution is -2.22. The summed E-state index contributed by atoms with van der Waals surface area (Å²) in [5.41, 5.74) is 2.01. The first kappa shape index (κ1) is 13.5. The van der Waals surface area contributed by atoms with E-state index in [4.69, 9.17) is 9.15 Å². The number of aryl methyl sites for hydroxylation is 1. The minimum atomic E-state index is 0.343. The number of nitrogens with zero attached hydrogens (tertiary/aromatic N) is 2. The van der Waals surface area contributed by atoms with E-state index in [9.17, 15) is 0 Å². The zero-order valence-corrected chi connectivity index (χ0v) is 11.5. The lowest BCUT2D eigenvalue weighted by atomic mass is 10.2. The molecule has 0 amide bonds. The fourth-order valence-electron chi connectivity index (χ4n) is 1.56. The van der Waals surface area contributed by atoms with Crippen molar-refractivity contribution in [2.75, 3.05) is 0 Å². The monoisotopic (exact) mass is 261 g/mol. The lowest BCUT2D eigenvalue weighted by molar-refractivity contribution is 0.249. The van der Waals surface area contributed by atoms with Gasteiger partial charge in [0.15, 0.2) is 0 Å². The van der Waals surface area contributed by atoms with Crippen molar-refractivity contribution < 1.29 is 9.15 Å². The third-order valence-corrected chi connectivity index (χ3v) is 2.68. The maximum absolute atomic E-state index is 5.48. The van der Waals surface area contributed by atoms with E-state index in [0.29, 0.717) is 18.7 Å². The second kappa shape index (κ2) is 6.33. The third-order valence-electron chi connectivity index (χ3n) is 2.68. The summed E-state index contributed by atoms with van der Waals surface area (Å²) < 4.78 is 10.7. The van der Waals surface area contributed by atoms with Gasteiger partial charge in [-0.15, -0.1) is 0 Å². The van der Waals surface area contributed by atoms with Crippen LogP contribution in [0.25, 0.3) is 0 Å². The van der Waals surface area contributed by atoms with Gasteiger partial charge in [0, 0.05) is 30.0 Å². The smallest absolute Gasteiger partial charge is 0.317 e. The molecule has 0 radical (unpaired) electrons. The van der Waals surface area contributed by atoms with Gasteiger partial charge in [0.1, 0.15) is 12.4 Å². The molecule has 5 nitrogen and oxygen atoms in total. The molecule has 1 N–H and O–H groups in total. The van der Waals surface area contributed by atoms with Gasteiger partial charge in [0.05, 0.1) is 6.26 Å². The predicted molar refractivity (Wildman–Crippen MR) is 71.8 cm³/mol. The van der Waals surface area contributed by atoms with Crippen LogP contribution in [0.1, 0.15) is 30.9 Å². The highest BCUT2D eigenvalue weighted by Crippen LogP contribution is 2.11. The van der Waals surface area contributed by atoms with Crippen LogP contribution < -0.4 is 10.1 Å². The standard InChI is InChI=1S/C14H19N3O2/c1-10(2)15-7-12-8-16-14(17-11(12)3)19-9-13-5-4-6-18-13/h4-6,8,10,15H,7,9H2,1-3H3. The number of hydrogen-bond acceptors (Lipinski definition) is 5. The summed E-state index contributed by atoms with van der Waals surface area (Å²) >= 11 is 0. The van der Waals surface area contributed by atoms with Crippen LogP contribution in [0.3, 0.4) is 0 Å². The van der Waals surface area contributed by atoms with Gasteiger partial charge < -0.3 is 14.5 Å². The number of nitrogens with one attached hydrogen (secondary N) is 1. The van der Waals surface area contributed by atoms with Gasteiger partial charge in [-0.3, -0.25) is 0 Å². The van der Waals surface area contributed by atoms with Crippen molar-refractivity contribution >= 4 is 0 Å². The van der Waals surface area contributed by atoms with Gasteiger partial charge in [-0.2, -0.15) is 0 Å². The maximum atomic E-state index is 5.48. The highest BCUT2D eigenvalue weighted by atomic mass is 16.5. The molecule has 2 heterocycles. The van der Waals surface area contributed by atoms with E-state index < -0.39 is 0 Å². The van der Waals surface area contributed by atoms with Crippen LogP contribution in [-0.4, -0.2) is 16.0 Å². The lowest BCUT2D eigenvalue weighted by Gasteiger charge is -2.10. The molecular weight excluding hydrogens is 242 g/mol. The molecule has 2 aromatic rings. The van der Waals surface area contributed by atoms with Crippen LogP contribution >= 0.6 is 0 Å². The van der Waals surface area contributed by atoms with Gasteiger partial charge >= 0.3 is 6.01 Å². The van der Waals surface area contributed by atoms with E-state index in [0.717, 1.165) is 23.6 Å². The van der Waals surface area contributed by atoms with Crippen molar-refractivity contribution in [2.45, 2.75) is 40.0 Å². The fraction of sp³-hybridized carbons (Fsp3) is 0.429. The zero-order valence-electron chi connectivity index (χ0n) is 11.5. The molecule has 102 valence electrons. The Kier molecular flexibility index (Phi) is 4.52. The quantitative estimate of drug-likeness (QED) is 0.865. The largest absolute Gasteiger partial charge is 0.466 e. The first-order valence-corrected chi connectivity index (χ1v) is 6.36. The van der Waals surface area contributed by atoms with Crippen LogP contribution in [0.15, 0.2) is 29.0 Å². The van der Waals surface area contributed by atoms with E-state index >= 15 is 0 Å². The number of rotatable bonds is 6. The van der Waals surface area contributed by atoms with Crippen LogP contribution in [0.2, 0.25) is 0 Å². The molecule has 0 bridgehead atoms. The first-order chi connectivity index (χ1) is 9.15. The van der Waals surface area contributed by atoms with E-state index in [1.54, 1.807) is 12.5 Å². The summed E-state index contributed by atoms with van der Waals surface area (Å²) in [6, 6.07) is 4.50. The van der Waals surface area contributed by atoms with Crippen molar-refractivity contribution in [1.29, 1.82) is 0 Å². The molecule has 0 unspecified atom stereocenters. The zero-order chi connectivity index (χ0) is 13.7. The number of furan rings is 1. The van der Waals surface area contributed by atoms with E-state index in [1.165, 1.54) is 0 Å². The maximum Gasteiger partial charge on any atom is 0.317 e. The highest BCUT2D eigenvalue weighted by molar-refractivity contribution is 5.17. The van der Waals surface area contributed by atoms with E-state index in [1.807, 2.05) is 19.1 Å². The average molecular weight is 261 g/mol. The Morgan fingerprint density at radius 2 is 2.26 bits per heavy atom. The molecule has 0 aliphatic heterocycles. The van der Waals surface area contributed by atoms with Crippen molar-refractivity contribution in [3.8, 4) is 6.01 Å². The summed E-state index contributed by atoms with van der Waals surface area (Å²) in [6.07, 6.45) is 3.42. The highest BCUT2D eigenvalue weighted by Gasteiger charge is 2.06. The number of aromatic nitrogens is 2. The molecule has 2 aromatic heterocycles. The summed E-state index contributed by atoms with van der Waals surface area (Å²) in [6.45, 7) is 7.28. The van der Waals surface area contributed by atoms with Crippen molar-refractivity contribution in [3.05, 3.63) is 41.6 Å². The molecule has 0 fully saturated rings. The summed E-state index contributed by atoms with van der Waals surface area (Å²) in [4.78, 5) is 8.54. The summed E-state index contributed by atoms with van der Waals surface area (Å²) in [5.74, 6) is 0.756. The predicted octanol–water partition coefficient (Wildman–Crippen LogP) is 2.46. The van der Waals surface area contributed by atoms with Crippen molar-refractivity contribution in [2.24, 2.45) is 0 Å². The van der Waals surface area contributed by atoms with Crippen LogP contribution in [0.5, 0.6) is 6.01 Å². The Balaban J connectivity index is 1.94. The molecule has 0 saturated heterocycles. The fourth-order valence-corrected chi connectivity index (χ4v) is 1.56. The molecule has 0 aliphatic carbocycles. The van der Waals surface area contributed by atoms with E-state index in [2.05, 4.69) is 29.1 Å². The van der Waals surface area contributed by atoms with Gasteiger partial charge in [0.25, 0.3) is 0 Å². The Morgan fingerprint density at radius 1 is 1.42 bits per heavy atom. The summed E-state index contributed by atoms with van der Waals surface area (Å²) in [5, 5.41) is 3.34. The molecular formula is C14H19N3O2. The molecule has 0 aliphatic rings. The van der Waals surface area contributed by atoms with Gasteiger partial charge in [-0.1, -0.05) is 13.8 Å². The van der Waals surface area contributed by atoms with Crippen LogP contribution in [0, 0.1) is 6.92 Å². The Hall–Kier alpha value is -1.88. The van der Waals surface area contributed by atoms with Gasteiger partial charge in [-0.25, -0.2) is 9.97 Å². The molecule has 2 rings (SSSR count). The minimum absolute atomic E-state index is 0.343. The van der Waals surface area contributed by atoms with Crippen molar-refractivity contribution in [3.63, 3.8) is 0 Å². The van der Waals surface area contributed by atoms with Crippen molar-refractivity contribution in [1.82, 2.24) is 15.3 Å². The summed E-state index contributed by atoms with van der Waals surface area (Å²) in [7, 11) is 0. The number of hydrogen-bond donors (Lipinski definition) is 1. The normalized spacial score (nSPS) is 10.9. The second-order valence-corrected chi connectivity index (χ2v) is 4.67. The Bertz CT molecular complexity index is 509. The number of ether oxygens (including phenoxy) is 1. The molecule has 19 heavy (non-hydrogen) atoms. The molecule has 0 atom stereocenters. The molecule has 0 spiro atoms. The van der Waals surface area contributed by atoms with Gasteiger partial charge in [-0.05, 0) is 19.1 Å². The van der Waals surface area contributed by atoms with Gasteiger partial charge in [0.2, 0.25) is 0 Å². The average Bonchev–Trinajstić information content (AvgIpc) is 2.88.